The zero-order chi connectivity index (χ0) is 14.9. The van der Waals surface area contributed by atoms with Crippen molar-refractivity contribution in [1.29, 1.82) is 0 Å². The van der Waals surface area contributed by atoms with E-state index in [0.717, 1.165) is 25.7 Å². The van der Waals surface area contributed by atoms with Crippen molar-refractivity contribution < 1.29 is 4.79 Å². The smallest absolute Gasteiger partial charge is 0.217 e. The van der Waals surface area contributed by atoms with Crippen molar-refractivity contribution in [2.45, 2.75) is 38.6 Å². The molecule has 0 aliphatic rings. The van der Waals surface area contributed by atoms with E-state index in [4.69, 9.17) is 0 Å². The molecule has 0 unspecified atom stereocenters. The average molecular weight is 281 g/mol. The van der Waals surface area contributed by atoms with Crippen molar-refractivity contribution in [3.63, 3.8) is 0 Å². The minimum absolute atomic E-state index is 0.0342. The maximum absolute atomic E-state index is 11.4. The molecule has 0 spiro atoms. The fourth-order valence-corrected chi connectivity index (χ4v) is 2.58. The molecule has 0 radical (unpaired) electrons. The van der Waals surface area contributed by atoms with Gasteiger partial charge in [-0.2, -0.15) is 0 Å². The number of nitrogens with one attached hydrogen (secondary N) is 1. The predicted octanol–water partition coefficient (Wildman–Crippen LogP) is 4.28. The lowest BCUT2D eigenvalue weighted by Gasteiger charge is -2.18. The first kappa shape index (κ1) is 15.3. The van der Waals surface area contributed by atoms with Crippen LogP contribution in [0, 0.1) is 0 Å². The van der Waals surface area contributed by atoms with Crippen LogP contribution in [0.2, 0.25) is 0 Å². The lowest BCUT2D eigenvalue weighted by molar-refractivity contribution is -0.119. The van der Waals surface area contributed by atoms with Crippen LogP contribution < -0.4 is 5.32 Å². The number of amides is 1. The van der Waals surface area contributed by atoms with Crippen molar-refractivity contribution in [2.75, 3.05) is 0 Å². The monoisotopic (exact) mass is 281 g/mol. The summed E-state index contributed by atoms with van der Waals surface area (Å²) < 4.78 is 0. The summed E-state index contributed by atoms with van der Waals surface area (Å²) in [6.45, 7) is 1.58. The fourth-order valence-electron chi connectivity index (χ4n) is 2.58. The minimum Gasteiger partial charge on any atom is -0.350 e. The molecule has 2 rings (SSSR count). The molecule has 2 nitrogen and oxygen atoms in total. The molecule has 0 aliphatic heterocycles. The van der Waals surface area contributed by atoms with Crippen LogP contribution in [0.5, 0.6) is 0 Å². The van der Waals surface area contributed by atoms with Gasteiger partial charge in [-0.25, -0.2) is 0 Å². The van der Waals surface area contributed by atoms with E-state index in [9.17, 15) is 4.79 Å². The predicted molar refractivity (Wildman–Crippen MR) is 87.0 cm³/mol. The van der Waals surface area contributed by atoms with Crippen molar-refractivity contribution in [2.24, 2.45) is 0 Å². The summed E-state index contributed by atoms with van der Waals surface area (Å²) in [5.41, 5.74) is 2.57. The molecule has 0 aromatic heterocycles. The van der Waals surface area contributed by atoms with Crippen molar-refractivity contribution in [3.8, 4) is 0 Å². The van der Waals surface area contributed by atoms with Gasteiger partial charge < -0.3 is 5.32 Å². The molecule has 110 valence electrons. The van der Waals surface area contributed by atoms with E-state index in [0.29, 0.717) is 0 Å². The molecule has 0 aliphatic carbocycles. The molecule has 0 saturated heterocycles. The zero-order valence-corrected chi connectivity index (χ0v) is 12.6. The van der Waals surface area contributed by atoms with Gasteiger partial charge in [0, 0.05) is 6.92 Å². The normalized spacial score (nSPS) is 11.9. The van der Waals surface area contributed by atoms with Crippen molar-refractivity contribution in [3.05, 3.63) is 71.8 Å². The number of carbonyl (C=O) groups is 1. The van der Waals surface area contributed by atoms with E-state index < -0.39 is 0 Å². The van der Waals surface area contributed by atoms with Gasteiger partial charge in [-0.05, 0) is 30.4 Å². The Morgan fingerprint density at radius 1 is 0.952 bits per heavy atom. The molecule has 0 heterocycles. The summed E-state index contributed by atoms with van der Waals surface area (Å²) in [5, 5.41) is 3.06. The number of hydrogen-bond donors (Lipinski definition) is 1. The first-order valence-electron chi connectivity index (χ1n) is 7.61. The third-order valence-corrected chi connectivity index (χ3v) is 3.63. The van der Waals surface area contributed by atoms with Crippen LogP contribution in [0.25, 0.3) is 0 Å². The summed E-state index contributed by atoms with van der Waals surface area (Å²) in [7, 11) is 0. The van der Waals surface area contributed by atoms with Gasteiger partial charge >= 0.3 is 0 Å². The Labute approximate surface area is 127 Å². The Hall–Kier alpha value is -2.09. The highest BCUT2D eigenvalue weighted by atomic mass is 16.1. The Balaban J connectivity index is 1.83. The zero-order valence-electron chi connectivity index (χ0n) is 12.6. The van der Waals surface area contributed by atoms with Gasteiger partial charge in [0.2, 0.25) is 5.91 Å². The second-order valence-electron chi connectivity index (χ2n) is 5.40. The van der Waals surface area contributed by atoms with Gasteiger partial charge in [-0.15, -0.1) is 0 Å². The summed E-state index contributed by atoms with van der Waals surface area (Å²) >= 11 is 0. The third kappa shape index (κ3) is 5.42. The lowest BCUT2D eigenvalue weighted by atomic mass is 9.99. The van der Waals surface area contributed by atoms with Crippen LogP contribution in [-0.4, -0.2) is 5.91 Å². The number of unbranched alkanes of at least 4 members (excludes halogenated alkanes) is 1. The molecule has 2 aromatic carbocycles. The molecule has 2 aromatic rings. The summed E-state index contributed by atoms with van der Waals surface area (Å²) in [5.74, 6) is 0.0342. The maximum Gasteiger partial charge on any atom is 0.217 e. The van der Waals surface area contributed by atoms with Crippen LogP contribution >= 0.6 is 0 Å². The minimum atomic E-state index is 0.0342. The summed E-state index contributed by atoms with van der Waals surface area (Å²) in [4.78, 5) is 11.4. The molecule has 1 amide bonds. The van der Waals surface area contributed by atoms with Crippen LogP contribution in [0.4, 0.5) is 0 Å². The third-order valence-electron chi connectivity index (χ3n) is 3.63. The molecule has 0 saturated carbocycles. The van der Waals surface area contributed by atoms with Gasteiger partial charge in [-0.3, -0.25) is 4.79 Å². The number of carbonyl (C=O) groups excluding carboxylic acids is 1. The van der Waals surface area contributed by atoms with E-state index in [1.165, 1.54) is 11.1 Å². The van der Waals surface area contributed by atoms with E-state index in [1.54, 1.807) is 6.92 Å². The van der Waals surface area contributed by atoms with Gasteiger partial charge in [0.05, 0.1) is 6.04 Å². The lowest BCUT2D eigenvalue weighted by Crippen LogP contribution is -2.26. The first-order chi connectivity index (χ1) is 10.3. The van der Waals surface area contributed by atoms with Crippen LogP contribution in [0.3, 0.4) is 0 Å². The number of rotatable bonds is 7. The second kappa shape index (κ2) is 8.25. The van der Waals surface area contributed by atoms with Crippen LogP contribution in [0.15, 0.2) is 60.7 Å². The number of benzene rings is 2. The quantitative estimate of drug-likeness (QED) is 0.754. The van der Waals surface area contributed by atoms with E-state index in [1.807, 2.05) is 24.3 Å². The highest BCUT2D eigenvalue weighted by Gasteiger charge is 2.11. The van der Waals surface area contributed by atoms with Gasteiger partial charge in [0.15, 0.2) is 0 Å². The Bertz CT molecular complexity index is 536. The first-order valence-corrected chi connectivity index (χ1v) is 7.61. The van der Waals surface area contributed by atoms with Crippen molar-refractivity contribution >= 4 is 5.91 Å². The molecule has 1 N–H and O–H groups in total. The number of hydrogen-bond acceptors (Lipinski definition) is 1. The largest absolute Gasteiger partial charge is 0.350 e. The number of aryl methyl sites for hydroxylation is 1. The molecule has 21 heavy (non-hydrogen) atoms. The van der Waals surface area contributed by atoms with Gasteiger partial charge in [0.1, 0.15) is 0 Å². The Morgan fingerprint density at radius 2 is 1.57 bits per heavy atom. The van der Waals surface area contributed by atoms with Crippen LogP contribution in [0.1, 0.15) is 43.4 Å². The van der Waals surface area contributed by atoms with Gasteiger partial charge in [0.25, 0.3) is 0 Å². The average Bonchev–Trinajstić information content (AvgIpc) is 2.52. The standard InChI is InChI=1S/C19H23NO/c1-16(21)20-19(18-13-6-3-7-14-18)15-9-8-12-17-10-4-2-5-11-17/h2-7,10-11,13-14,19H,8-9,12,15H2,1H3,(H,20,21)/t19-/m0/s1. The highest BCUT2D eigenvalue weighted by molar-refractivity contribution is 5.73. The van der Waals surface area contributed by atoms with E-state index in [2.05, 4.69) is 41.7 Å². The summed E-state index contributed by atoms with van der Waals surface area (Å²) in [6, 6.07) is 20.9. The topological polar surface area (TPSA) is 29.1 Å². The molecular formula is C19H23NO. The second-order valence-corrected chi connectivity index (χ2v) is 5.40. The molecule has 0 fully saturated rings. The van der Waals surface area contributed by atoms with E-state index in [-0.39, 0.29) is 11.9 Å². The SMILES string of the molecule is CC(=O)N[C@@H](CCCCc1ccccc1)c1ccccc1. The fraction of sp³-hybridized carbons (Fsp3) is 0.316. The van der Waals surface area contributed by atoms with E-state index >= 15 is 0 Å². The molecule has 2 heteroatoms. The van der Waals surface area contributed by atoms with Gasteiger partial charge in [-0.1, -0.05) is 67.1 Å². The molecule has 1 atom stereocenters. The Morgan fingerprint density at radius 3 is 2.19 bits per heavy atom. The van der Waals surface area contributed by atoms with Crippen molar-refractivity contribution in [1.82, 2.24) is 5.32 Å². The van der Waals surface area contributed by atoms with Crippen LogP contribution in [-0.2, 0) is 11.2 Å². The summed E-state index contributed by atoms with van der Waals surface area (Å²) in [6.07, 6.45) is 4.33. The highest BCUT2D eigenvalue weighted by Crippen LogP contribution is 2.20. The molecular weight excluding hydrogens is 258 g/mol. The maximum atomic E-state index is 11.4. The Kier molecular flexibility index (Phi) is 6.01. The molecule has 0 bridgehead atoms.